The van der Waals surface area contributed by atoms with Crippen molar-refractivity contribution in [2.75, 3.05) is 20.3 Å². The molecule has 0 bridgehead atoms. The van der Waals surface area contributed by atoms with Gasteiger partial charge in [-0.15, -0.1) is 0 Å². The highest BCUT2D eigenvalue weighted by molar-refractivity contribution is 4.86. The molecule has 1 unspecified atom stereocenters. The molecule has 1 aliphatic rings. The lowest BCUT2D eigenvalue weighted by Crippen LogP contribution is -2.35. The standard InChI is InChI=1S/C10H21NO2/c1-13-8-10(12,5-2-6-11)7-9-3-4-9/h9,12H,2-8,11H2,1H3. The van der Waals surface area contributed by atoms with Crippen molar-refractivity contribution in [2.24, 2.45) is 11.7 Å². The van der Waals surface area contributed by atoms with Gasteiger partial charge in [-0.1, -0.05) is 12.8 Å². The van der Waals surface area contributed by atoms with Gasteiger partial charge in [0.05, 0.1) is 12.2 Å². The highest BCUT2D eigenvalue weighted by atomic mass is 16.5. The summed E-state index contributed by atoms with van der Waals surface area (Å²) in [6.07, 6.45) is 5.09. The van der Waals surface area contributed by atoms with Gasteiger partial charge in [0.25, 0.3) is 0 Å². The largest absolute Gasteiger partial charge is 0.387 e. The first-order chi connectivity index (χ1) is 6.20. The second-order valence-electron chi connectivity index (χ2n) is 4.20. The predicted molar refractivity (Wildman–Crippen MR) is 52.5 cm³/mol. The van der Waals surface area contributed by atoms with E-state index >= 15 is 0 Å². The van der Waals surface area contributed by atoms with Crippen molar-refractivity contribution in [3.05, 3.63) is 0 Å². The molecule has 0 aromatic carbocycles. The SMILES string of the molecule is COCC(O)(CCCN)CC1CC1. The maximum atomic E-state index is 10.2. The van der Waals surface area contributed by atoms with E-state index in [9.17, 15) is 5.11 Å². The Labute approximate surface area is 80.3 Å². The van der Waals surface area contributed by atoms with Gasteiger partial charge in [0.15, 0.2) is 0 Å². The van der Waals surface area contributed by atoms with Gasteiger partial charge in [-0.3, -0.25) is 0 Å². The molecule has 0 aliphatic heterocycles. The Hall–Kier alpha value is -0.120. The molecule has 3 heteroatoms. The second kappa shape index (κ2) is 4.94. The van der Waals surface area contributed by atoms with E-state index in [1.807, 2.05) is 0 Å². The summed E-state index contributed by atoms with van der Waals surface area (Å²) in [5, 5.41) is 10.2. The molecule has 0 saturated heterocycles. The van der Waals surface area contributed by atoms with Gasteiger partial charge in [-0.2, -0.15) is 0 Å². The topological polar surface area (TPSA) is 55.5 Å². The van der Waals surface area contributed by atoms with Crippen molar-refractivity contribution in [3.63, 3.8) is 0 Å². The Bertz CT molecular complexity index is 148. The number of methoxy groups -OCH3 is 1. The van der Waals surface area contributed by atoms with Crippen molar-refractivity contribution in [2.45, 2.75) is 37.7 Å². The summed E-state index contributed by atoms with van der Waals surface area (Å²) >= 11 is 0. The first-order valence-corrected chi connectivity index (χ1v) is 5.11. The minimum absolute atomic E-state index is 0.448. The number of hydrogen-bond donors (Lipinski definition) is 2. The van der Waals surface area contributed by atoms with Gasteiger partial charge in [0.1, 0.15) is 0 Å². The molecule has 0 amide bonds. The average Bonchev–Trinajstić information content (AvgIpc) is 2.85. The van der Waals surface area contributed by atoms with E-state index in [4.69, 9.17) is 10.5 Å². The lowest BCUT2D eigenvalue weighted by atomic mass is 9.92. The third kappa shape index (κ3) is 4.07. The van der Waals surface area contributed by atoms with E-state index in [0.29, 0.717) is 13.2 Å². The predicted octanol–water partition coefficient (Wildman–Crippen LogP) is 0.903. The second-order valence-corrected chi connectivity index (χ2v) is 4.20. The Morgan fingerprint density at radius 1 is 1.54 bits per heavy atom. The fourth-order valence-corrected chi connectivity index (χ4v) is 1.79. The Kier molecular flexibility index (Phi) is 4.16. The van der Waals surface area contributed by atoms with Crippen molar-refractivity contribution in [1.29, 1.82) is 0 Å². The van der Waals surface area contributed by atoms with Crippen LogP contribution < -0.4 is 5.73 Å². The molecule has 1 aliphatic carbocycles. The first kappa shape index (κ1) is 11.0. The summed E-state index contributed by atoms with van der Waals surface area (Å²) in [5.74, 6) is 0.734. The molecular formula is C10H21NO2. The zero-order valence-electron chi connectivity index (χ0n) is 8.46. The third-order valence-corrected chi connectivity index (χ3v) is 2.62. The Morgan fingerprint density at radius 2 is 2.23 bits per heavy atom. The maximum Gasteiger partial charge on any atom is 0.0883 e. The lowest BCUT2D eigenvalue weighted by molar-refractivity contribution is -0.0475. The average molecular weight is 187 g/mol. The Balaban J connectivity index is 2.30. The summed E-state index contributed by atoms with van der Waals surface area (Å²) in [6, 6.07) is 0. The summed E-state index contributed by atoms with van der Waals surface area (Å²) in [5.41, 5.74) is 4.81. The van der Waals surface area contributed by atoms with E-state index in [-0.39, 0.29) is 0 Å². The zero-order valence-corrected chi connectivity index (χ0v) is 8.46. The fraction of sp³-hybridized carbons (Fsp3) is 1.00. The van der Waals surface area contributed by atoms with Gasteiger partial charge < -0.3 is 15.6 Å². The van der Waals surface area contributed by atoms with Crippen LogP contribution in [0.5, 0.6) is 0 Å². The summed E-state index contributed by atoms with van der Waals surface area (Å²) in [4.78, 5) is 0. The first-order valence-electron chi connectivity index (χ1n) is 5.11. The van der Waals surface area contributed by atoms with Crippen molar-refractivity contribution in [3.8, 4) is 0 Å². The number of hydrogen-bond acceptors (Lipinski definition) is 3. The number of rotatable bonds is 7. The monoisotopic (exact) mass is 187 g/mol. The minimum atomic E-state index is -0.616. The van der Waals surface area contributed by atoms with E-state index in [1.165, 1.54) is 12.8 Å². The molecule has 13 heavy (non-hydrogen) atoms. The highest BCUT2D eigenvalue weighted by Gasteiger charge is 2.34. The molecule has 3 nitrogen and oxygen atoms in total. The molecule has 1 rings (SSSR count). The van der Waals surface area contributed by atoms with Gasteiger partial charge >= 0.3 is 0 Å². The van der Waals surface area contributed by atoms with Crippen molar-refractivity contribution < 1.29 is 9.84 Å². The molecule has 0 aromatic heterocycles. The van der Waals surface area contributed by atoms with Crippen LogP contribution in [0.25, 0.3) is 0 Å². The summed E-state index contributed by atoms with van der Waals surface area (Å²) in [6.45, 7) is 1.10. The quantitative estimate of drug-likeness (QED) is 0.622. The normalized spacial score (nSPS) is 21.5. The lowest BCUT2D eigenvalue weighted by Gasteiger charge is -2.27. The summed E-state index contributed by atoms with van der Waals surface area (Å²) in [7, 11) is 1.64. The van der Waals surface area contributed by atoms with Crippen LogP contribution in [0.15, 0.2) is 0 Å². The molecule has 0 heterocycles. The van der Waals surface area contributed by atoms with Crippen LogP contribution >= 0.6 is 0 Å². The van der Waals surface area contributed by atoms with E-state index in [0.717, 1.165) is 25.2 Å². The summed E-state index contributed by atoms with van der Waals surface area (Å²) < 4.78 is 5.04. The van der Waals surface area contributed by atoms with Crippen LogP contribution in [0.3, 0.4) is 0 Å². The van der Waals surface area contributed by atoms with Crippen LogP contribution in [-0.2, 0) is 4.74 Å². The van der Waals surface area contributed by atoms with Gasteiger partial charge in [-0.05, 0) is 31.7 Å². The number of ether oxygens (including phenoxy) is 1. The molecule has 0 radical (unpaired) electrons. The van der Waals surface area contributed by atoms with Crippen LogP contribution in [0.2, 0.25) is 0 Å². The van der Waals surface area contributed by atoms with E-state index < -0.39 is 5.60 Å². The fourth-order valence-electron chi connectivity index (χ4n) is 1.79. The molecule has 0 spiro atoms. The number of aliphatic hydroxyl groups is 1. The van der Waals surface area contributed by atoms with Gasteiger partial charge in [0.2, 0.25) is 0 Å². The number of nitrogens with two attached hydrogens (primary N) is 1. The van der Waals surface area contributed by atoms with Crippen molar-refractivity contribution in [1.82, 2.24) is 0 Å². The highest BCUT2D eigenvalue weighted by Crippen LogP contribution is 2.38. The minimum Gasteiger partial charge on any atom is -0.387 e. The smallest absolute Gasteiger partial charge is 0.0883 e. The van der Waals surface area contributed by atoms with Crippen LogP contribution in [0, 0.1) is 5.92 Å². The maximum absolute atomic E-state index is 10.2. The zero-order chi connectivity index (χ0) is 9.73. The van der Waals surface area contributed by atoms with E-state index in [1.54, 1.807) is 7.11 Å². The van der Waals surface area contributed by atoms with Crippen molar-refractivity contribution >= 4 is 0 Å². The van der Waals surface area contributed by atoms with E-state index in [2.05, 4.69) is 0 Å². The Morgan fingerprint density at radius 3 is 2.69 bits per heavy atom. The molecule has 1 fully saturated rings. The third-order valence-electron chi connectivity index (χ3n) is 2.62. The van der Waals surface area contributed by atoms with Gasteiger partial charge in [-0.25, -0.2) is 0 Å². The molecule has 3 N–H and O–H groups in total. The van der Waals surface area contributed by atoms with Crippen LogP contribution in [0.4, 0.5) is 0 Å². The molecular weight excluding hydrogens is 166 g/mol. The molecule has 1 saturated carbocycles. The van der Waals surface area contributed by atoms with Crippen LogP contribution in [0.1, 0.15) is 32.1 Å². The molecule has 78 valence electrons. The van der Waals surface area contributed by atoms with Gasteiger partial charge in [0, 0.05) is 7.11 Å². The molecule has 1 atom stereocenters. The van der Waals surface area contributed by atoms with Crippen LogP contribution in [-0.4, -0.2) is 31.0 Å². The molecule has 0 aromatic rings.